The second-order valence-corrected chi connectivity index (χ2v) is 5.43. The molecule has 0 aliphatic carbocycles. The summed E-state index contributed by atoms with van der Waals surface area (Å²) in [5.41, 5.74) is 3.66. The molecular weight excluding hydrogens is 304 g/mol. The van der Waals surface area contributed by atoms with Crippen LogP contribution in [-0.2, 0) is 9.59 Å². The van der Waals surface area contributed by atoms with Gasteiger partial charge in [-0.25, -0.2) is 4.98 Å². The number of nitrogens with zero attached hydrogens (tertiary/aromatic N) is 2. The van der Waals surface area contributed by atoms with Gasteiger partial charge in [0, 0.05) is 31.3 Å². The quantitative estimate of drug-likeness (QED) is 0.758. The monoisotopic (exact) mass is 322 g/mol. The molecule has 2 aromatic carbocycles. The average Bonchev–Trinajstić information content (AvgIpc) is 2.99. The molecular formula is C18H18N4O2. The molecule has 2 N–H and O–H groups in total. The SMILES string of the molecule is CC(=O)NCCC(=O)Nc1ccc(-n2cnc3ccccc32)cc1. The van der Waals surface area contributed by atoms with E-state index >= 15 is 0 Å². The van der Waals surface area contributed by atoms with Crippen molar-refractivity contribution in [2.45, 2.75) is 13.3 Å². The maximum atomic E-state index is 11.8. The first-order valence-corrected chi connectivity index (χ1v) is 7.70. The lowest BCUT2D eigenvalue weighted by atomic mass is 10.2. The van der Waals surface area contributed by atoms with Crippen molar-refractivity contribution in [2.24, 2.45) is 0 Å². The van der Waals surface area contributed by atoms with Crippen LogP contribution in [0.15, 0.2) is 54.9 Å². The number of anilines is 1. The molecule has 1 heterocycles. The summed E-state index contributed by atoms with van der Waals surface area (Å²) in [6.45, 7) is 1.76. The van der Waals surface area contributed by atoms with Crippen molar-refractivity contribution in [1.82, 2.24) is 14.9 Å². The van der Waals surface area contributed by atoms with E-state index in [-0.39, 0.29) is 18.2 Å². The Balaban J connectivity index is 1.67. The summed E-state index contributed by atoms with van der Waals surface area (Å²) in [4.78, 5) is 27.0. The maximum absolute atomic E-state index is 11.8. The zero-order valence-electron chi connectivity index (χ0n) is 13.3. The highest BCUT2D eigenvalue weighted by atomic mass is 16.2. The summed E-state index contributed by atoms with van der Waals surface area (Å²) in [6, 6.07) is 15.5. The van der Waals surface area contributed by atoms with Crippen LogP contribution in [0.1, 0.15) is 13.3 Å². The fraction of sp³-hybridized carbons (Fsp3) is 0.167. The van der Waals surface area contributed by atoms with E-state index in [1.165, 1.54) is 6.92 Å². The standard InChI is InChI=1S/C18H18N4O2/c1-13(23)19-11-10-18(24)21-14-6-8-15(9-7-14)22-12-20-16-4-2-3-5-17(16)22/h2-9,12H,10-11H2,1H3,(H,19,23)(H,21,24). The molecule has 0 radical (unpaired) electrons. The van der Waals surface area contributed by atoms with Crippen molar-refractivity contribution in [3.8, 4) is 5.69 Å². The number of fused-ring (bicyclic) bond motifs is 1. The van der Waals surface area contributed by atoms with Crippen LogP contribution in [0.5, 0.6) is 0 Å². The molecule has 0 unspecified atom stereocenters. The Bertz CT molecular complexity index is 868. The lowest BCUT2D eigenvalue weighted by Crippen LogP contribution is -2.25. The molecule has 3 aromatic rings. The molecule has 0 aliphatic rings. The van der Waals surface area contributed by atoms with Crippen molar-refractivity contribution in [2.75, 3.05) is 11.9 Å². The lowest BCUT2D eigenvalue weighted by molar-refractivity contribution is -0.119. The second-order valence-electron chi connectivity index (χ2n) is 5.43. The fourth-order valence-corrected chi connectivity index (χ4v) is 2.45. The smallest absolute Gasteiger partial charge is 0.226 e. The van der Waals surface area contributed by atoms with Gasteiger partial charge in [0.05, 0.1) is 11.0 Å². The van der Waals surface area contributed by atoms with Crippen LogP contribution in [0, 0.1) is 0 Å². The van der Waals surface area contributed by atoms with Gasteiger partial charge in [0.1, 0.15) is 6.33 Å². The van der Waals surface area contributed by atoms with Crippen LogP contribution in [0.2, 0.25) is 0 Å². The number of hydrogen-bond acceptors (Lipinski definition) is 3. The van der Waals surface area contributed by atoms with Gasteiger partial charge in [0.25, 0.3) is 0 Å². The van der Waals surface area contributed by atoms with E-state index in [2.05, 4.69) is 15.6 Å². The van der Waals surface area contributed by atoms with E-state index in [4.69, 9.17) is 0 Å². The minimum atomic E-state index is -0.139. The Kier molecular flexibility index (Phi) is 4.56. The Labute approximate surface area is 139 Å². The lowest BCUT2D eigenvalue weighted by Gasteiger charge is -2.08. The molecule has 0 spiro atoms. The van der Waals surface area contributed by atoms with Gasteiger partial charge in [0.15, 0.2) is 0 Å². The molecule has 24 heavy (non-hydrogen) atoms. The van der Waals surface area contributed by atoms with Crippen LogP contribution in [-0.4, -0.2) is 27.9 Å². The summed E-state index contributed by atoms with van der Waals surface area (Å²) in [5.74, 6) is -0.274. The molecule has 6 nitrogen and oxygen atoms in total. The molecule has 6 heteroatoms. The minimum Gasteiger partial charge on any atom is -0.356 e. The first kappa shape index (κ1) is 15.7. The predicted molar refractivity (Wildman–Crippen MR) is 93.0 cm³/mol. The third kappa shape index (κ3) is 3.60. The summed E-state index contributed by atoms with van der Waals surface area (Å²) < 4.78 is 2.00. The molecule has 0 aliphatic heterocycles. The van der Waals surface area contributed by atoms with Crippen LogP contribution >= 0.6 is 0 Å². The van der Waals surface area contributed by atoms with Crippen LogP contribution in [0.4, 0.5) is 5.69 Å². The van der Waals surface area contributed by atoms with E-state index in [1.54, 1.807) is 6.33 Å². The van der Waals surface area contributed by atoms with E-state index in [0.29, 0.717) is 6.54 Å². The van der Waals surface area contributed by atoms with Crippen molar-refractivity contribution in [3.05, 3.63) is 54.9 Å². The van der Waals surface area contributed by atoms with Gasteiger partial charge in [-0.1, -0.05) is 12.1 Å². The highest BCUT2D eigenvalue weighted by Gasteiger charge is 2.05. The van der Waals surface area contributed by atoms with Crippen molar-refractivity contribution in [3.63, 3.8) is 0 Å². The second kappa shape index (κ2) is 6.95. The minimum absolute atomic E-state index is 0.135. The Morgan fingerprint density at radius 3 is 2.58 bits per heavy atom. The van der Waals surface area contributed by atoms with E-state index in [9.17, 15) is 9.59 Å². The Morgan fingerprint density at radius 2 is 1.83 bits per heavy atom. The Morgan fingerprint density at radius 1 is 1.08 bits per heavy atom. The van der Waals surface area contributed by atoms with Crippen LogP contribution in [0.3, 0.4) is 0 Å². The number of rotatable bonds is 5. The van der Waals surface area contributed by atoms with E-state index < -0.39 is 0 Å². The number of aromatic nitrogens is 2. The maximum Gasteiger partial charge on any atom is 0.226 e. The largest absolute Gasteiger partial charge is 0.356 e. The van der Waals surface area contributed by atoms with E-state index in [1.807, 2.05) is 53.1 Å². The van der Waals surface area contributed by atoms with Crippen LogP contribution < -0.4 is 10.6 Å². The molecule has 122 valence electrons. The summed E-state index contributed by atoms with van der Waals surface area (Å²) >= 11 is 0. The Hall–Kier alpha value is -3.15. The third-order valence-electron chi connectivity index (χ3n) is 3.61. The molecule has 0 bridgehead atoms. The van der Waals surface area contributed by atoms with Crippen molar-refractivity contribution >= 4 is 28.5 Å². The molecule has 3 rings (SSSR count). The average molecular weight is 322 g/mol. The molecule has 0 atom stereocenters. The van der Waals surface area contributed by atoms with Gasteiger partial charge in [-0.3, -0.25) is 14.2 Å². The number of carbonyl (C=O) groups excluding carboxylic acids is 2. The van der Waals surface area contributed by atoms with Crippen molar-refractivity contribution < 1.29 is 9.59 Å². The first-order chi connectivity index (χ1) is 11.6. The summed E-state index contributed by atoms with van der Waals surface area (Å²) in [6.07, 6.45) is 2.03. The number of imidazole rings is 1. The van der Waals surface area contributed by atoms with Crippen molar-refractivity contribution in [1.29, 1.82) is 0 Å². The van der Waals surface area contributed by atoms with Gasteiger partial charge in [-0.05, 0) is 36.4 Å². The molecule has 2 amide bonds. The number of amides is 2. The highest BCUT2D eigenvalue weighted by molar-refractivity contribution is 5.91. The normalized spacial score (nSPS) is 10.5. The van der Waals surface area contributed by atoms with Gasteiger partial charge in [-0.2, -0.15) is 0 Å². The number of benzene rings is 2. The van der Waals surface area contributed by atoms with Gasteiger partial charge >= 0.3 is 0 Å². The zero-order chi connectivity index (χ0) is 16.9. The van der Waals surface area contributed by atoms with Crippen LogP contribution in [0.25, 0.3) is 16.7 Å². The molecule has 0 fully saturated rings. The third-order valence-corrected chi connectivity index (χ3v) is 3.61. The number of para-hydroxylation sites is 2. The number of hydrogen-bond donors (Lipinski definition) is 2. The number of nitrogens with one attached hydrogen (secondary N) is 2. The zero-order valence-corrected chi connectivity index (χ0v) is 13.3. The molecule has 1 aromatic heterocycles. The fourth-order valence-electron chi connectivity index (χ4n) is 2.45. The highest BCUT2D eigenvalue weighted by Crippen LogP contribution is 2.19. The van der Waals surface area contributed by atoms with Gasteiger partial charge < -0.3 is 10.6 Å². The molecule has 0 saturated heterocycles. The molecule has 0 saturated carbocycles. The van der Waals surface area contributed by atoms with Gasteiger partial charge in [-0.15, -0.1) is 0 Å². The summed E-state index contributed by atoms with van der Waals surface area (Å²) in [5, 5.41) is 5.41. The number of carbonyl (C=O) groups is 2. The summed E-state index contributed by atoms with van der Waals surface area (Å²) in [7, 11) is 0. The predicted octanol–water partition coefficient (Wildman–Crippen LogP) is 2.49. The van der Waals surface area contributed by atoms with Gasteiger partial charge in [0.2, 0.25) is 11.8 Å². The van der Waals surface area contributed by atoms with E-state index in [0.717, 1.165) is 22.4 Å². The first-order valence-electron chi connectivity index (χ1n) is 7.70. The topological polar surface area (TPSA) is 76.0 Å².